The van der Waals surface area contributed by atoms with Gasteiger partial charge in [-0.25, -0.2) is 4.98 Å². The molecule has 0 amide bonds. The number of fused-ring (bicyclic) bond motifs is 4. The first kappa shape index (κ1) is 19.1. The minimum atomic E-state index is 0.696. The van der Waals surface area contributed by atoms with E-state index in [9.17, 15) is 0 Å². The zero-order chi connectivity index (χ0) is 22.0. The van der Waals surface area contributed by atoms with E-state index in [4.69, 9.17) is 4.42 Å². The smallest absolute Gasteiger partial charge is 0.335 e. The monoisotopic (exact) mass is 437 g/mol. The van der Waals surface area contributed by atoms with E-state index in [2.05, 4.69) is 95.8 Å². The van der Waals surface area contributed by atoms with Crippen molar-refractivity contribution in [3.63, 3.8) is 0 Å². The van der Waals surface area contributed by atoms with Crippen molar-refractivity contribution in [3.05, 3.63) is 78.0 Å². The van der Waals surface area contributed by atoms with Crippen LogP contribution < -0.4 is 9.13 Å². The van der Waals surface area contributed by atoms with Crippen molar-refractivity contribution in [1.82, 2.24) is 4.98 Å². The van der Waals surface area contributed by atoms with Crippen LogP contribution in [0.1, 0.15) is 11.3 Å². The number of nitrogens with zero attached hydrogens (tertiary/aromatic N) is 3. The molecule has 0 bridgehead atoms. The van der Waals surface area contributed by atoms with E-state index < -0.39 is 0 Å². The molecule has 0 aliphatic rings. The molecule has 2 aromatic carbocycles. The molecule has 0 fully saturated rings. The van der Waals surface area contributed by atoms with Crippen LogP contribution in [0, 0.1) is 13.8 Å². The molecule has 0 saturated carbocycles. The fourth-order valence-electron chi connectivity index (χ4n) is 4.61. The van der Waals surface area contributed by atoms with Gasteiger partial charge < -0.3 is 4.42 Å². The molecule has 156 valence electrons. The van der Waals surface area contributed by atoms with Gasteiger partial charge in [0.05, 0.1) is 5.56 Å². The van der Waals surface area contributed by atoms with E-state index in [1.807, 2.05) is 24.3 Å². The number of benzene rings is 2. The third-order valence-electron chi connectivity index (χ3n) is 6.30. The minimum Gasteiger partial charge on any atom is -0.437 e. The number of para-hydroxylation sites is 1. The molecule has 5 heteroatoms. The number of aryl methyl sites for hydroxylation is 3. The number of aromatic nitrogens is 3. The van der Waals surface area contributed by atoms with E-state index in [1.165, 1.54) is 26.5 Å². The van der Waals surface area contributed by atoms with Gasteiger partial charge in [0.15, 0.2) is 5.58 Å². The first-order valence-corrected chi connectivity index (χ1v) is 11.5. The van der Waals surface area contributed by atoms with Crippen LogP contribution in [-0.2, 0) is 14.1 Å². The predicted molar refractivity (Wildman–Crippen MR) is 130 cm³/mol. The van der Waals surface area contributed by atoms with E-state index in [0.29, 0.717) is 5.71 Å². The Morgan fingerprint density at radius 1 is 0.781 bits per heavy atom. The molecule has 4 aromatic heterocycles. The fourth-order valence-corrected chi connectivity index (χ4v) is 5.82. The molecule has 6 rings (SSSR count). The average Bonchev–Trinajstić information content (AvgIpc) is 3.31. The molecule has 6 aromatic rings. The molecular formula is C27H23N3OS+2. The number of hydrogen-bond donors (Lipinski definition) is 0. The van der Waals surface area contributed by atoms with Gasteiger partial charge in [-0.2, -0.15) is 9.13 Å². The lowest BCUT2D eigenvalue weighted by molar-refractivity contribution is -0.670. The molecule has 4 heterocycles. The number of rotatable bonds is 2. The Bertz CT molecular complexity index is 1680. The summed E-state index contributed by atoms with van der Waals surface area (Å²) in [4.78, 5) is 4.63. The van der Waals surface area contributed by atoms with Crippen LogP contribution in [0.4, 0.5) is 0 Å². The number of furan rings is 1. The topological polar surface area (TPSA) is 33.8 Å². The lowest BCUT2D eigenvalue weighted by Gasteiger charge is -2.07. The Balaban J connectivity index is 1.64. The van der Waals surface area contributed by atoms with Crippen molar-refractivity contribution in [2.75, 3.05) is 0 Å². The number of pyridine rings is 2. The standard InChI is InChI=1S/C27H23N3OS/c1-16-12-14-18-19-15-13-17(2)28-26(19)31-25(18)24(16)21-9-7-10-22(29(21)3)27-30(4)20-8-5-6-11-23(20)32-27/h5-15H,1-4H3/q+2. The minimum absolute atomic E-state index is 0.696. The third-order valence-corrected chi connectivity index (χ3v) is 7.54. The number of thiazole rings is 1. The largest absolute Gasteiger partial charge is 0.437 e. The molecule has 0 unspecified atom stereocenters. The SMILES string of the molecule is Cc1ccc2c(n1)oc1c(-c3cccc(-c4sc5ccccc5[n+]4C)[n+]3C)c(C)ccc12. The maximum Gasteiger partial charge on any atom is 0.335 e. The summed E-state index contributed by atoms with van der Waals surface area (Å²) in [6.07, 6.45) is 0. The Labute approximate surface area is 190 Å². The highest BCUT2D eigenvalue weighted by atomic mass is 32.1. The van der Waals surface area contributed by atoms with Gasteiger partial charge in [0.2, 0.25) is 16.9 Å². The Morgan fingerprint density at radius 3 is 2.41 bits per heavy atom. The van der Waals surface area contributed by atoms with Crippen molar-refractivity contribution >= 4 is 43.6 Å². The zero-order valence-electron chi connectivity index (χ0n) is 18.5. The summed E-state index contributed by atoms with van der Waals surface area (Å²) in [5, 5.41) is 3.38. The van der Waals surface area contributed by atoms with Crippen LogP contribution in [0.5, 0.6) is 0 Å². The van der Waals surface area contributed by atoms with E-state index in [0.717, 1.165) is 33.3 Å². The number of hydrogen-bond acceptors (Lipinski definition) is 3. The molecule has 0 N–H and O–H groups in total. The second-order valence-electron chi connectivity index (χ2n) is 8.33. The Kier molecular flexibility index (Phi) is 4.17. The molecule has 0 aliphatic carbocycles. The van der Waals surface area contributed by atoms with Crippen molar-refractivity contribution in [2.45, 2.75) is 13.8 Å². The first-order valence-electron chi connectivity index (χ1n) is 10.7. The van der Waals surface area contributed by atoms with E-state index in [1.54, 1.807) is 0 Å². The molecule has 32 heavy (non-hydrogen) atoms. The van der Waals surface area contributed by atoms with Crippen molar-refractivity contribution in [1.29, 1.82) is 0 Å². The lowest BCUT2D eigenvalue weighted by atomic mass is 10.0. The van der Waals surface area contributed by atoms with Crippen LogP contribution in [0.3, 0.4) is 0 Å². The Hall–Kier alpha value is -3.57. The van der Waals surface area contributed by atoms with E-state index >= 15 is 0 Å². The molecule has 0 radical (unpaired) electrons. The molecule has 4 nitrogen and oxygen atoms in total. The highest BCUT2D eigenvalue weighted by molar-refractivity contribution is 7.21. The molecule has 0 atom stereocenters. The van der Waals surface area contributed by atoms with Crippen molar-refractivity contribution in [2.24, 2.45) is 14.1 Å². The normalized spacial score (nSPS) is 11.8. The van der Waals surface area contributed by atoms with Gasteiger partial charge >= 0.3 is 5.01 Å². The highest BCUT2D eigenvalue weighted by Gasteiger charge is 2.29. The highest BCUT2D eigenvalue weighted by Crippen LogP contribution is 2.37. The summed E-state index contributed by atoms with van der Waals surface area (Å²) in [5.74, 6) is 0. The molecule has 0 aliphatic heterocycles. The maximum absolute atomic E-state index is 6.34. The average molecular weight is 438 g/mol. The van der Waals surface area contributed by atoms with Gasteiger partial charge in [-0.15, -0.1) is 0 Å². The van der Waals surface area contributed by atoms with Crippen LogP contribution in [0.2, 0.25) is 0 Å². The van der Waals surface area contributed by atoms with Gasteiger partial charge in [-0.3, -0.25) is 0 Å². The fraction of sp³-hybridized carbons (Fsp3) is 0.148. The van der Waals surface area contributed by atoms with Crippen molar-refractivity contribution in [3.8, 4) is 22.0 Å². The van der Waals surface area contributed by atoms with Gasteiger partial charge in [-0.05, 0) is 43.7 Å². The first-order chi connectivity index (χ1) is 15.5. The van der Waals surface area contributed by atoms with Gasteiger partial charge in [-0.1, -0.05) is 35.6 Å². The van der Waals surface area contributed by atoms with Crippen LogP contribution >= 0.6 is 11.3 Å². The zero-order valence-corrected chi connectivity index (χ0v) is 19.3. The summed E-state index contributed by atoms with van der Waals surface area (Å²) >= 11 is 1.82. The van der Waals surface area contributed by atoms with Gasteiger partial charge in [0.25, 0.3) is 5.69 Å². The summed E-state index contributed by atoms with van der Waals surface area (Å²) in [7, 11) is 4.28. The van der Waals surface area contributed by atoms with Gasteiger partial charge in [0.1, 0.15) is 18.8 Å². The van der Waals surface area contributed by atoms with Crippen LogP contribution in [-0.4, -0.2) is 4.98 Å². The second kappa shape index (κ2) is 6.97. The summed E-state index contributed by atoms with van der Waals surface area (Å²) in [6, 6.07) is 23.5. The Morgan fingerprint density at radius 2 is 1.56 bits per heavy atom. The van der Waals surface area contributed by atoms with Crippen LogP contribution in [0.25, 0.3) is 54.2 Å². The van der Waals surface area contributed by atoms with Crippen LogP contribution in [0.15, 0.2) is 71.1 Å². The lowest BCUT2D eigenvalue weighted by Crippen LogP contribution is -2.38. The second-order valence-corrected chi connectivity index (χ2v) is 9.36. The molecule has 0 spiro atoms. The van der Waals surface area contributed by atoms with E-state index in [-0.39, 0.29) is 0 Å². The predicted octanol–water partition coefficient (Wildman–Crippen LogP) is 5.80. The molecule has 0 saturated heterocycles. The van der Waals surface area contributed by atoms with Gasteiger partial charge in [0, 0.05) is 34.7 Å². The summed E-state index contributed by atoms with van der Waals surface area (Å²) < 4.78 is 12.2. The quantitative estimate of drug-likeness (QED) is 0.321. The maximum atomic E-state index is 6.34. The third kappa shape index (κ3) is 2.71. The summed E-state index contributed by atoms with van der Waals surface area (Å²) in [5.41, 5.74) is 8.39. The summed E-state index contributed by atoms with van der Waals surface area (Å²) in [6.45, 7) is 4.14. The van der Waals surface area contributed by atoms with Crippen molar-refractivity contribution < 1.29 is 13.6 Å². The molecular weight excluding hydrogens is 414 g/mol.